The van der Waals surface area contributed by atoms with Gasteiger partial charge in [0, 0.05) is 17.1 Å². The molecule has 0 aliphatic heterocycles. The van der Waals surface area contributed by atoms with Crippen molar-refractivity contribution < 1.29 is 0 Å². The van der Waals surface area contributed by atoms with Gasteiger partial charge in [-0.05, 0) is 46.6 Å². The number of H-pyrrole nitrogens is 1. The molecule has 0 bridgehead atoms. The van der Waals surface area contributed by atoms with Gasteiger partial charge in [0.1, 0.15) is 10.7 Å². The molecular formula is C19H26N4OS2. The Labute approximate surface area is 162 Å². The summed E-state index contributed by atoms with van der Waals surface area (Å²) < 4.78 is 2.29. The molecule has 5 nitrogen and oxygen atoms in total. The lowest BCUT2D eigenvalue weighted by molar-refractivity contribution is 0.574. The van der Waals surface area contributed by atoms with Gasteiger partial charge >= 0.3 is 0 Å². The second kappa shape index (κ2) is 7.56. The summed E-state index contributed by atoms with van der Waals surface area (Å²) >= 11 is 3.25. The minimum Gasteiger partial charge on any atom is -0.323 e. The molecule has 3 aromatic rings. The van der Waals surface area contributed by atoms with Gasteiger partial charge in [0.15, 0.2) is 5.16 Å². The van der Waals surface area contributed by atoms with Crippen LogP contribution in [-0.4, -0.2) is 19.5 Å². The number of hydrogen-bond donors (Lipinski definition) is 1. The number of aromatic amines is 1. The number of hydrogen-bond acceptors (Lipinski definition) is 5. The van der Waals surface area contributed by atoms with Gasteiger partial charge in [-0.25, -0.2) is 9.97 Å². The highest BCUT2D eigenvalue weighted by molar-refractivity contribution is 7.99. The molecule has 140 valence electrons. The molecule has 0 saturated heterocycles. The number of thioether (sulfide) groups is 1. The molecule has 7 heteroatoms. The number of aryl methyl sites for hydroxylation is 3. The van der Waals surface area contributed by atoms with E-state index in [4.69, 9.17) is 9.97 Å². The third-order valence-electron chi connectivity index (χ3n) is 4.88. The van der Waals surface area contributed by atoms with Crippen molar-refractivity contribution in [3.05, 3.63) is 38.0 Å². The van der Waals surface area contributed by atoms with Crippen LogP contribution in [0.1, 0.15) is 59.6 Å². The van der Waals surface area contributed by atoms with E-state index >= 15 is 0 Å². The van der Waals surface area contributed by atoms with Crippen LogP contribution in [0.4, 0.5) is 0 Å². The molecule has 0 saturated carbocycles. The van der Waals surface area contributed by atoms with Crippen LogP contribution in [0.3, 0.4) is 0 Å². The molecule has 1 unspecified atom stereocenters. The van der Waals surface area contributed by atoms with Crippen LogP contribution < -0.4 is 5.56 Å². The van der Waals surface area contributed by atoms with E-state index in [1.54, 1.807) is 23.1 Å². The smallest absolute Gasteiger partial charge is 0.259 e. The lowest BCUT2D eigenvalue weighted by Gasteiger charge is -2.13. The maximum absolute atomic E-state index is 12.5. The first kappa shape index (κ1) is 19.2. The largest absolute Gasteiger partial charge is 0.323 e. The van der Waals surface area contributed by atoms with Crippen molar-refractivity contribution in [1.29, 1.82) is 0 Å². The van der Waals surface area contributed by atoms with Crippen molar-refractivity contribution >= 4 is 33.3 Å². The second-order valence-electron chi connectivity index (χ2n) is 6.75. The Balaban J connectivity index is 1.94. The highest BCUT2D eigenvalue weighted by Crippen LogP contribution is 2.35. The monoisotopic (exact) mass is 390 g/mol. The van der Waals surface area contributed by atoms with E-state index in [0.29, 0.717) is 5.82 Å². The molecule has 3 aromatic heterocycles. The van der Waals surface area contributed by atoms with Gasteiger partial charge < -0.3 is 9.55 Å². The average Bonchev–Trinajstić information content (AvgIpc) is 3.02. The molecule has 1 atom stereocenters. The number of unbranched alkanes of at least 4 members (excludes halogenated alkanes) is 1. The first-order chi connectivity index (χ1) is 12.3. The Morgan fingerprint density at radius 2 is 1.96 bits per heavy atom. The first-order valence-electron chi connectivity index (χ1n) is 9.03. The summed E-state index contributed by atoms with van der Waals surface area (Å²) in [5.74, 6) is 0.717. The molecule has 0 aliphatic carbocycles. The van der Waals surface area contributed by atoms with E-state index in [-0.39, 0.29) is 10.8 Å². The molecule has 3 rings (SSSR count). The lowest BCUT2D eigenvalue weighted by atomic mass is 10.2. The highest BCUT2D eigenvalue weighted by Gasteiger charge is 2.19. The minimum absolute atomic E-state index is 0.0244. The molecule has 0 spiro atoms. The Morgan fingerprint density at radius 3 is 2.65 bits per heavy atom. The van der Waals surface area contributed by atoms with Crippen LogP contribution >= 0.6 is 23.1 Å². The number of fused-ring (bicyclic) bond motifs is 1. The quantitative estimate of drug-likeness (QED) is 0.597. The van der Waals surface area contributed by atoms with E-state index in [1.165, 1.54) is 5.69 Å². The fraction of sp³-hybridized carbons (Fsp3) is 0.526. The van der Waals surface area contributed by atoms with Crippen molar-refractivity contribution in [2.24, 2.45) is 0 Å². The van der Waals surface area contributed by atoms with Crippen LogP contribution in [0.25, 0.3) is 10.2 Å². The lowest BCUT2D eigenvalue weighted by Crippen LogP contribution is -2.13. The van der Waals surface area contributed by atoms with Gasteiger partial charge in [0.25, 0.3) is 5.56 Å². The summed E-state index contributed by atoms with van der Waals surface area (Å²) in [6, 6.07) is 0. The summed E-state index contributed by atoms with van der Waals surface area (Å²) in [4.78, 5) is 27.0. The highest BCUT2D eigenvalue weighted by atomic mass is 32.2. The Bertz CT molecular complexity index is 999. The SMILES string of the molecule is CCCCn1c(SC(C)c2nc3sc(C)c(C)c3c(=O)[nH]2)nc(C)c1C. The van der Waals surface area contributed by atoms with Crippen molar-refractivity contribution in [1.82, 2.24) is 19.5 Å². The minimum atomic E-state index is -0.0408. The van der Waals surface area contributed by atoms with Gasteiger partial charge in [-0.15, -0.1) is 11.3 Å². The average molecular weight is 391 g/mol. The van der Waals surface area contributed by atoms with E-state index in [0.717, 1.165) is 50.9 Å². The van der Waals surface area contributed by atoms with Gasteiger partial charge in [-0.2, -0.15) is 0 Å². The molecule has 0 amide bonds. The zero-order chi connectivity index (χ0) is 19.0. The number of imidazole rings is 1. The van der Waals surface area contributed by atoms with Crippen molar-refractivity contribution in [2.75, 3.05) is 0 Å². The van der Waals surface area contributed by atoms with Crippen LogP contribution in [0.5, 0.6) is 0 Å². The third kappa shape index (κ3) is 3.47. The number of nitrogens with zero attached hydrogens (tertiary/aromatic N) is 3. The molecular weight excluding hydrogens is 364 g/mol. The number of thiophene rings is 1. The normalized spacial score (nSPS) is 12.8. The summed E-state index contributed by atoms with van der Waals surface area (Å²) in [6.07, 6.45) is 2.28. The number of nitrogens with one attached hydrogen (secondary N) is 1. The Hall–Kier alpha value is -1.60. The molecule has 3 heterocycles. The second-order valence-corrected chi connectivity index (χ2v) is 9.26. The Kier molecular flexibility index (Phi) is 5.58. The van der Waals surface area contributed by atoms with E-state index < -0.39 is 0 Å². The zero-order valence-corrected chi connectivity index (χ0v) is 17.9. The number of aromatic nitrogens is 4. The Morgan fingerprint density at radius 1 is 1.23 bits per heavy atom. The molecule has 0 radical (unpaired) electrons. The van der Waals surface area contributed by atoms with Crippen LogP contribution in [0.15, 0.2) is 9.95 Å². The maximum atomic E-state index is 12.5. The standard InChI is InChI=1S/C19H26N4OS2/c1-7-8-9-23-12(4)11(3)20-19(23)26-14(6)16-21-17(24)15-10(2)13(5)25-18(15)22-16/h14H,7-9H2,1-6H3,(H,21,22,24). The van der Waals surface area contributed by atoms with Crippen LogP contribution in [0.2, 0.25) is 0 Å². The van der Waals surface area contributed by atoms with Gasteiger partial charge in [-0.1, -0.05) is 25.1 Å². The topological polar surface area (TPSA) is 63.6 Å². The summed E-state index contributed by atoms with van der Waals surface area (Å²) in [5, 5.41) is 1.75. The first-order valence-corrected chi connectivity index (χ1v) is 10.7. The fourth-order valence-corrected chi connectivity index (χ4v) is 5.09. The van der Waals surface area contributed by atoms with Gasteiger partial charge in [0.05, 0.1) is 16.3 Å². The molecule has 0 aromatic carbocycles. The summed E-state index contributed by atoms with van der Waals surface area (Å²) in [6.45, 7) is 13.4. The third-order valence-corrected chi connectivity index (χ3v) is 7.08. The van der Waals surface area contributed by atoms with Crippen LogP contribution in [0, 0.1) is 27.7 Å². The number of rotatable bonds is 6. The molecule has 1 N–H and O–H groups in total. The van der Waals surface area contributed by atoms with E-state index in [9.17, 15) is 4.79 Å². The maximum Gasteiger partial charge on any atom is 0.259 e. The van der Waals surface area contributed by atoms with Crippen molar-refractivity contribution in [3.63, 3.8) is 0 Å². The van der Waals surface area contributed by atoms with E-state index in [1.807, 2.05) is 13.8 Å². The summed E-state index contributed by atoms with van der Waals surface area (Å²) in [5.41, 5.74) is 3.28. The molecule has 0 aliphatic rings. The van der Waals surface area contributed by atoms with Crippen LogP contribution in [-0.2, 0) is 6.54 Å². The molecule has 0 fully saturated rings. The van der Waals surface area contributed by atoms with Gasteiger partial charge in [-0.3, -0.25) is 4.79 Å². The van der Waals surface area contributed by atoms with Crippen molar-refractivity contribution in [2.45, 2.75) is 71.3 Å². The summed E-state index contributed by atoms with van der Waals surface area (Å²) in [7, 11) is 0. The van der Waals surface area contributed by atoms with Gasteiger partial charge in [0.2, 0.25) is 0 Å². The van der Waals surface area contributed by atoms with E-state index in [2.05, 4.69) is 37.2 Å². The van der Waals surface area contributed by atoms with Crippen molar-refractivity contribution in [3.8, 4) is 0 Å². The predicted molar refractivity (Wildman–Crippen MR) is 111 cm³/mol. The fourth-order valence-electron chi connectivity index (χ4n) is 2.97. The molecule has 26 heavy (non-hydrogen) atoms. The predicted octanol–water partition coefficient (Wildman–Crippen LogP) is 5.07. The zero-order valence-electron chi connectivity index (χ0n) is 16.3.